The molecule has 0 N–H and O–H groups in total. The number of rotatable bonds is 3. The SMILES string of the molecule is CN(C)C(=O)N1C[C@H]2CC(N(Cl)CC(=O)N3CCC[C@H]3C#N)C[C@H]2C1. The molecule has 0 radical (unpaired) electrons. The average molecular weight is 368 g/mol. The molecule has 138 valence electrons. The summed E-state index contributed by atoms with van der Waals surface area (Å²) in [5.41, 5.74) is 0. The van der Waals surface area contributed by atoms with Crippen molar-refractivity contribution in [3.63, 3.8) is 0 Å². The first-order valence-corrected chi connectivity index (χ1v) is 9.32. The van der Waals surface area contributed by atoms with Gasteiger partial charge in [0.1, 0.15) is 6.04 Å². The molecule has 7 nitrogen and oxygen atoms in total. The van der Waals surface area contributed by atoms with Gasteiger partial charge in [0.05, 0.1) is 12.6 Å². The van der Waals surface area contributed by atoms with E-state index in [-0.39, 0.29) is 30.6 Å². The molecule has 0 bridgehead atoms. The number of halogens is 1. The van der Waals surface area contributed by atoms with Crippen molar-refractivity contribution in [2.24, 2.45) is 11.8 Å². The molecule has 25 heavy (non-hydrogen) atoms. The Kier molecular flexibility index (Phi) is 5.40. The van der Waals surface area contributed by atoms with Crippen molar-refractivity contribution in [1.29, 1.82) is 5.26 Å². The standard InChI is InChI=1S/C17H26ClN5O2/c1-20(2)17(25)21-9-12-6-15(7-13(12)10-21)23(18)11-16(24)22-5-3-4-14(22)8-19/h12-15H,3-7,9-11H2,1-2H3/t12-,13+,14-,15?/m0/s1. The average Bonchev–Trinajstić information content (AvgIpc) is 3.27. The largest absolute Gasteiger partial charge is 0.331 e. The van der Waals surface area contributed by atoms with Crippen LogP contribution in [0.1, 0.15) is 25.7 Å². The van der Waals surface area contributed by atoms with Crippen LogP contribution in [0.25, 0.3) is 0 Å². The van der Waals surface area contributed by atoms with E-state index in [0.29, 0.717) is 18.4 Å². The summed E-state index contributed by atoms with van der Waals surface area (Å²) in [4.78, 5) is 29.7. The minimum Gasteiger partial charge on any atom is -0.331 e. The van der Waals surface area contributed by atoms with Crippen LogP contribution in [-0.2, 0) is 4.79 Å². The maximum absolute atomic E-state index is 12.4. The molecule has 3 rings (SSSR count). The quantitative estimate of drug-likeness (QED) is 0.706. The van der Waals surface area contributed by atoms with Gasteiger partial charge in [0, 0.05) is 39.8 Å². The monoisotopic (exact) mass is 367 g/mol. The van der Waals surface area contributed by atoms with E-state index in [1.165, 1.54) is 0 Å². The number of nitriles is 1. The highest BCUT2D eigenvalue weighted by atomic mass is 35.5. The van der Waals surface area contributed by atoms with Crippen molar-refractivity contribution < 1.29 is 9.59 Å². The zero-order chi connectivity index (χ0) is 18.1. The van der Waals surface area contributed by atoms with Crippen LogP contribution < -0.4 is 0 Å². The van der Waals surface area contributed by atoms with E-state index >= 15 is 0 Å². The normalized spacial score (nSPS) is 31.3. The van der Waals surface area contributed by atoms with Crippen LogP contribution in [0.2, 0.25) is 0 Å². The van der Waals surface area contributed by atoms with E-state index in [0.717, 1.165) is 38.8 Å². The van der Waals surface area contributed by atoms with Gasteiger partial charge >= 0.3 is 6.03 Å². The van der Waals surface area contributed by atoms with Crippen molar-refractivity contribution in [3.05, 3.63) is 0 Å². The zero-order valence-corrected chi connectivity index (χ0v) is 15.7. The molecule has 0 aromatic rings. The molecule has 4 atom stereocenters. The van der Waals surface area contributed by atoms with Gasteiger partial charge in [-0.05, 0) is 49.3 Å². The Morgan fingerprint density at radius 1 is 1.24 bits per heavy atom. The van der Waals surface area contributed by atoms with Crippen molar-refractivity contribution in [3.8, 4) is 6.07 Å². The summed E-state index contributed by atoms with van der Waals surface area (Å²) in [6.45, 7) is 2.36. The molecule has 0 spiro atoms. The van der Waals surface area contributed by atoms with Crippen molar-refractivity contribution >= 4 is 23.7 Å². The Hall–Kier alpha value is -1.52. The van der Waals surface area contributed by atoms with Crippen LogP contribution in [0.3, 0.4) is 0 Å². The fraction of sp³-hybridized carbons (Fsp3) is 0.824. The highest BCUT2D eigenvalue weighted by Crippen LogP contribution is 2.41. The molecule has 1 saturated carbocycles. The number of hydrogen-bond acceptors (Lipinski definition) is 4. The summed E-state index contributed by atoms with van der Waals surface area (Å²) in [7, 11) is 3.55. The van der Waals surface area contributed by atoms with Gasteiger partial charge in [-0.1, -0.05) is 0 Å². The van der Waals surface area contributed by atoms with Gasteiger partial charge in [-0.3, -0.25) is 4.79 Å². The Labute approximate surface area is 154 Å². The number of carbonyl (C=O) groups excluding carboxylic acids is 2. The number of amides is 3. The van der Waals surface area contributed by atoms with Gasteiger partial charge in [-0.2, -0.15) is 5.26 Å². The lowest BCUT2D eigenvalue weighted by molar-refractivity contribution is -0.131. The van der Waals surface area contributed by atoms with E-state index in [9.17, 15) is 9.59 Å². The third kappa shape index (κ3) is 3.70. The number of nitrogens with zero attached hydrogens (tertiary/aromatic N) is 5. The van der Waals surface area contributed by atoms with Gasteiger partial charge in [0.2, 0.25) is 5.91 Å². The molecule has 2 heterocycles. The van der Waals surface area contributed by atoms with E-state index in [1.54, 1.807) is 28.3 Å². The first-order valence-electron chi connectivity index (χ1n) is 8.98. The molecule has 0 aromatic carbocycles. The third-order valence-electron chi connectivity index (χ3n) is 5.78. The number of likely N-dealkylation sites (tertiary alicyclic amines) is 2. The molecule has 8 heteroatoms. The second-order valence-electron chi connectivity index (χ2n) is 7.66. The maximum atomic E-state index is 12.4. The highest BCUT2D eigenvalue weighted by Gasteiger charge is 2.44. The summed E-state index contributed by atoms with van der Waals surface area (Å²) < 4.78 is 1.63. The minimum absolute atomic E-state index is 0.0551. The molecule has 0 aromatic heterocycles. The smallest absolute Gasteiger partial charge is 0.319 e. The molecular weight excluding hydrogens is 342 g/mol. The van der Waals surface area contributed by atoms with Crippen molar-refractivity contribution in [2.75, 3.05) is 40.3 Å². The number of urea groups is 1. The Bertz CT molecular complexity index is 564. The second kappa shape index (κ2) is 7.38. The Balaban J connectivity index is 1.50. The van der Waals surface area contributed by atoms with Gasteiger partial charge in [-0.15, -0.1) is 0 Å². The van der Waals surface area contributed by atoms with E-state index < -0.39 is 0 Å². The van der Waals surface area contributed by atoms with Crippen LogP contribution >= 0.6 is 11.8 Å². The van der Waals surface area contributed by atoms with Crippen molar-refractivity contribution in [2.45, 2.75) is 37.8 Å². The van der Waals surface area contributed by atoms with Gasteiger partial charge in [0.25, 0.3) is 0 Å². The van der Waals surface area contributed by atoms with Crippen molar-refractivity contribution in [1.82, 2.24) is 19.1 Å². The predicted octanol–water partition coefficient (Wildman–Crippen LogP) is 1.35. The lowest BCUT2D eigenvalue weighted by Gasteiger charge is -2.27. The van der Waals surface area contributed by atoms with Crippen LogP contribution in [0.5, 0.6) is 0 Å². The fourth-order valence-corrected chi connectivity index (χ4v) is 4.75. The van der Waals surface area contributed by atoms with Gasteiger partial charge < -0.3 is 14.7 Å². The summed E-state index contributed by atoms with van der Waals surface area (Å²) in [6, 6.07) is 2.13. The number of carbonyl (C=O) groups is 2. The van der Waals surface area contributed by atoms with Crippen LogP contribution in [0.4, 0.5) is 4.79 Å². The minimum atomic E-state index is -0.300. The molecule has 3 amide bonds. The Morgan fingerprint density at radius 2 is 1.88 bits per heavy atom. The van der Waals surface area contributed by atoms with Gasteiger partial charge in [-0.25, -0.2) is 9.21 Å². The highest BCUT2D eigenvalue weighted by molar-refractivity contribution is 6.14. The molecule has 3 fully saturated rings. The van der Waals surface area contributed by atoms with E-state index in [1.807, 2.05) is 4.90 Å². The van der Waals surface area contributed by atoms with Crippen LogP contribution in [0, 0.1) is 23.2 Å². The van der Waals surface area contributed by atoms with E-state index in [4.69, 9.17) is 17.0 Å². The molecule has 2 aliphatic heterocycles. The van der Waals surface area contributed by atoms with Gasteiger partial charge in [0.15, 0.2) is 0 Å². The molecule has 1 unspecified atom stereocenters. The lowest BCUT2D eigenvalue weighted by Crippen LogP contribution is -2.42. The number of fused-ring (bicyclic) bond motifs is 1. The van der Waals surface area contributed by atoms with Crippen LogP contribution in [0.15, 0.2) is 0 Å². The molecular formula is C17H26ClN5O2. The molecule has 3 aliphatic rings. The maximum Gasteiger partial charge on any atom is 0.319 e. The first-order chi connectivity index (χ1) is 11.9. The molecule has 2 saturated heterocycles. The number of hydrogen-bond donors (Lipinski definition) is 0. The Morgan fingerprint density at radius 3 is 2.44 bits per heavy atom. The first kappa shape index (κ1) is 18.3. The molecule has 1 aliphatic carbocycles. The summed E-state index contributed by atoms with van der Waals surface area (Å²) >= 11 is 6.43. The third-order valence-corrected chi connectivity index (χ3v) is 6.18. The summed E-state index contributed by atoms with van der Waals surface area (Å²) in [5, 5.41) is 9.12. The lowest BCUT2D eigenvalue weighted by atomic mass is 10.0. The second-order valence-corrected chi connectivity index (χ2v) is 8.09. The predicted molar refractivity (Wildman–Crippen MR) is 93.6 cm³/mol. The zero-order valence-electron chi connectivity index (χ0n) is 14.9. The fourth-order valence-electron chi connectivity index (χ4n) is 4.48. The van der Waals surface area contributed by atoms with E-state index in [2.05, 4.69) is 6.07 Å². The topological polar surface area (TPSA) is 70.9 Å². The van der Waals surface area contributed by atoms with Crippen LogP contribution in [-0.4, -0.2) is 83.4 Å². The summed E-state index contributed by atoms with van der Waals surface area (Å²) in [6.07, 6.45) is 3.48. The summed E-state index contributed by atoms with van der Waals surface area (Å²) in [5.74, 6) is 0.869.